The molecule has 1 unspecified atom stereocenters. The van der Waals surface area contributed by atoms with Gasteiger partial charge in [-0.3, -0.25) is 23.4 Å². The van der Waals surface area contributed by atoms with Crippen LogP contribution in [0.4, 0.5) is 0 Å². The first-order valence-corrected chi connectivity index (χ1v) is 22.7. The van der Waals surface area contributed by atoms with E-state index in [4.69, 9.17) is 24.8 Å². The zero-order valence-electron chi connectivity index (χ0n) is 33.6. The van der Waals surface area contributed by atoms with Gasteiger partial charge in [0.1, 0.15) is 12.6 Å². The van der Waals surface area contributed by atoms with Gasteiger partial charge in [0.05, 0.1) is 13.2 Å². The average molecular weight is 776 g/mol. The van der Waals surface area contributed by atoms with E-state index in [1.54, 1.807) is 0 Å². The smallest absolute Gasteiger partial charge is 0.472 e. The number of carboxylic acid groups (broad SMARTS) is 1. The fourth-order valence-corrected chi connectivity index (χ4v) is 6.66. The van der Waals surface area contributed by atoms with Gasteiger partial charge in [0, 0.05) is 12.8 Å². The van der Waals surface area contributed by atoms with Crippen LogP contribution in [0.5, 0.6) is 0 Å². The van der Waals surface area contributed by atoms with Crippen LogP contribution in [0, 0.1) is 0 Å². The predicted octanol–water partition coefficient (Wildman–Crippen LogP) is 10.9. The lowest BCUT2D eigenvalue weighted by molar-refractivity contribution is -0.161. The van der Waals surface area contributed by atoms with Crippen molar-refractivity contribution in [3.63, 3.8) is 0 Å². The van der Waals surface area contributed by atoms with Crippen LogP contribution in [0.3, 0.4) is 0 Å². The molecule has 0 amide bonds. The Hall–Kier alpha value is -1.78. The molecule has 0 saturated heterocycles. The van der Waals surface area contributed by atoms with E-state index in [9.17, 15) is 23.8 Å². The topological polar surface area (TPSA) is 172 Å². The average Bonchev–Trinajstić information content (AvgIpc) is 3.13. The van der Waals surface area contributed by atoms with Gasteiger partial charge < -0.3 is 25.2 Å². The third kappa shape index (κ3) is 36.9. The van der Waals surface area contributed by atoms with E-state index < -0.39 is 51.1 Å². The molecule has 11 nitrogen and oxygen atoms in total. The second-order valence-corrected chi connectivity index (χ2v) is 15.9. The van der Waals surface area contributed by atoms with Crippen molar-refractivity contribution in [2.45, 2.75) is 212 Å². The first-order chi connectivity index (χ1) is 25.6. The number of hydrogen-bond acceptors (Lipinski definition) is 9. The zero-order valence-corrected chi connectivity index (χ0v) is 34.5. The Morgan fingerprint density at radius 1 is 0.566 bits per heavy atom. The van der Waals surface area contributed by atoms with Gasteiger partial charge in [-0.2, -0.15) is 0 Å². The highest BCUT2D eigenvalue weighted by molar-refractivity contribution is 7.47. The molecule has 0 aliphatic rings. The number of unbranched alkanes of at least 4 members (excludes halogenated alkanes) is 24. The van der Waals surface area contributed by atoms with Crippen LogP contribution in [0.1, 0.15) is 200 Å². The maximum Gasteiger partial charge on any atom is 0.472 e. The standard InChI is InChI=1S/C41H78NO10P/c1-3-5-7-9-11-13-15-17-19-21-23-25-27-29-31-33-40(44)52-37(35-50-53(47,48)51-36-38(42)41(45)46)34-49-39(43)32-30-28-26-24-22-20-18-16-14-12-10-8-6-4-2/h13,15,37-38H,3-12,14,16-36,42H2,1-2H3,(H,45,46)(H,47,48)/b15-13+/t37-,38+/m1/s1. The normalized spacial score (nSPS) is 13.9. The number of hydrogen-bond donors (Lipinski definition) is 3. The van der Waals surface area contributed by atoms with Crippen LogP contribution in [0.2, 0.25) is 0 Å². The van der Waals surface area contributed by atoms with Gasteiger partial charge in [0.25, 0.3) is 0 Å². The van der Waals surface area contributed by atoms with Gasteiger partial charge in [0.15, 0.2) is 6.10 Å². The molecule has 53 heavy (non-hydrogen) atoms. The Kier molecular flexibility index (Phi) is 35.9. The van der Waals surface area contributed by atoms with Crippen molar-refractivity contribution < 1.29 is 47.5 Å². The number of phosphoric acid groups is 1. The van der Waals surface area contributed by atoms with Crippen molar-refractivity contribution in [2.24, 2.45) is 5.73 Å². The number of aliphatic carboxylic acids is 1. The van der Waals surface area contributed by atoms with Crippen LogP contribution in [-0.4, -0.2) is 59.9 Å². The third-order valence-electron chi connectivity index (χ3n) is 9.26. The largest absolute Gasteiger partial charge is 0.480 e. The number of allylic oxidation sites excluding steroid dienone is 2. The number of rotatable bonds is 40. The fraction of sp³-hybridized carbons (Fsp3) is 0.878. The van der Waals surface area contributed by atoms with E-state index in [1.165, 1.54) is 116 Å². The molecule has 0 aromatic rings. The minimum atomic E-state index is -4.71. The Bertz CT molecular complexity index is 963. The summed E-state index contributed by atoms with van der Waals surface area (Å²) in [4.78, 5) is 45.9. The molecule has 4 N–H and O–H groups in total. The zero-order chi connectivity index (χ0) is 39.3. The summed E-state index contributed by atoms with van der Waals surface area (Å²) in [5.74, 6) is -2.37. The van der Waals surface area contributed by atoms with Gasteiger partial charge in [-0.25, -0.2) is 4.57 Å². The first-order valence-electron chi connectivity index (χ1n) is 21.2. The summed E-state index contributed by atoms with van der Waals surface area (Å²) in [6.45, 7) is 2.80. The number of nitrogens with two attached hydrogens (primary N) is 1. The quantitative estimate of drug-likeness (QED) is 0.0234. The number of carboxylic acids is 1. The van der Waals surface area contributed by atoms with Crippen LogP contribution < -0.4 is 5.73 Å². The third-order valence-corrected chi connectivity index (χ3v) is 10.2. The summed E-state index contributed by atoms with van der Waals surface area (Å²) in [7, 11) is -4.71. The molecule has 0 aliphatic carbocycles. The Morgan fingerprint density at radius 3 is 1.40 bits per heavy atom. The molecule has 0 spiro atoms. The molecule has 0 rings (SSSR count). The number of carbonyl (C=O) groups excluding carboxylic acids is 2. The highest BCUT2D eigenvalue weighted by atomic mass is 31.2. The van der Waals surface area contributed by atoms with Crippen molar-refractivity contribution in [2.75, 3.05) is 19.8 Å². The summed E-state index contributed by atoms with van der Waals surface area (Å²) in [6.07, 6.45) is 35.5. The van der Waals surface area contributed by atoms with E-state index in [2.05, 4.69) is 30.5 Å². The molecule has 0 heterocycles. The highest BCUT2D eigenvalue weighted by Crippen LogP contribution is 2.43. The fourth-order valence-electron chi connectivity index (χ4n) is 5.88. The van der Waals surface area contributed by atoms with E-state index in [1.807, 2.05) is 0 Å². The minimum absolute atomic E-state index is 0.160. The molecule has 3 atom stereocenters. The summed E-state index contributed by atoms with van der Waals surface area (Å²) >= 11 is 0. The van der Waals surface area contributed by atoms with Crippen LogP contribution >= 0.6 is 7.82 Å². The Labute approximate surface area is 322 Å². The number of carbonyl (C=O) groups is 3. The summed E-state index contributed by atoms with van der Waals surface area (Å²) in [6, 6.07) is -1.52. The van der Waals surface area contributed by atoms with Gasteiger partial charge >= 0.3 is 25.7 Å². The van der Waals surface area contributed by atoms with E-state index in [0.717, 1.165) is 44.9 Å². The molecule has 0 aromatic heterocycles. The molecule has 0 saturated carbocycles. The molecule has 312 valence electrons. The lowest BCUT2D eigenvalue weighted by Crippen LogP contribution is -2.34. The monoisotopic (exact) mass is 776 g/mol. The molecule has 0 aromatic carbocycles. The first kappa shape index (κ1) is 51.2. The molecule has 0 aliphatic heterocycles. The SMILES string of the molecule is CCCCCC/C=C/CCCCCCCCCC(=O)O[C@H](COC(=O)CCCCCCCCCCCCCCCC)COP(=O)(O)OC[C@H](N)C(=O)O. The molecular formula is C41H78NO10P. The van der Waals surface area contributed by atoms with Gasteiger partial charge in [-0.15, -0.1) is 0 Å². The number of phosphoric ester groups is 1. The van der Waals surface area contributed by atoms with Gasteiger partial charge in [-0.05, 0) is 38.5 Å². The number of esters is 2. The Balaban J connectivity index is 4.36. The van der Waals surface area contributed by atoms with Crippen molar-refractivity contribution in [1.29, 1.82) is 0 Å². The summed E-state index contributed by atoms with van der Waals surface area (Å²) in [5.41, 5.74) is 5.33. The summed E-state index contributed by atoms with van der Waals surface area (Å²) < 4.78 is 32.7. The predicted molar refractivity (Wildman–Crippen MR) is 213 cm³/mol. The van der Waals surface area contributed by atoms with Crippen molar-refractivity contribution in [3.8, 4) is 0 Å². The van der Waals surface area contributed by atoms with Crippen LogP contribution in [0.25, 0.3) is 0 Å². The second kappa shape index (κ2) is 37.2. The lowest BCUT2D eigenvalue weighted by Gasteiger charge is -2.20. The van der Waals surface area contributed by atoms with Crippen LogP contribution in [0.15, 0.2) is 12.2 Å². The maximum atomic E-state index is 12.6. The van der Waals surface area contributed by atoms with Gasteiger partial charge in [-0.1, -0.05) is 161 Å². The van der Waals surface area contributed by atoms with E-state index in [0.29, 0.717) is 12.8 Å². The van der Waals surface area contributed by atoms with Crippen molar-refractivity contribution in [3.05, 3.63) is 12.2 Å². The van der Waals surface area contributed by atoms with Crippen molar-refractivity contribution in [1.82, 2.24) is 0 Å². The second-order valence-electron chi connectivity index (χ2n) is 14.5. The highest BCUT2D eigenvalue weighted by Gasteiger charge is 2.28. The number of ether oxygens (including phenoxy) is 2. The molecule has 0 radical (unpaired) electrons. The molecule has 0 fully saturated rings. The molecule has 12 heteroatoms. The van der Waals surface area contributed by atoms with E-state index in [-0.39, 0.29) is 19.4 Å². The minimum Gasteiger partial charge on any atom is -0.480 e. The van der Waals surface area contributed by atoms with E-state index >= 15 is 0 Å². The maximum absolute atomic E-state index is 12.6. The van der Waals surface area contributed by atoms with Crippen molar-refractivity contribution >= 4 is 25.7 Å². The molecule has 0 bridgehead atoms. The van der Waals surface area contributed by atoms with Crippen LogP contribution in [-0.2, 0) is 37.5 Å². The lowest BCUT2D eigenvalue weighted by atomic mass is 10.0. The van der Waals surface area contributed by atoms with Gasteiger partial charge in [0.2, 0.25) is 0 Å². The Morgan fingerprint density at radius 2 is 0.943 bits per heavy atom. The molecular weight excluding hydrogens is 697 g/mol. The summed E-state index contributed by atoms with van der Waals surface area (Å²) in [5, 5.41) is 8.88.